The van der Waals surface area contributed by atoms with Crippen molar-refractivity contribution < 1.29 is 0 Å². The molecule has 1 rings (SSSR count). The molecule has 74 valence electrons. The summed E-state index contributed by atoms with van der Waals surface area (Å²) in [5, 5.41) is 2.33. The Bertz CT molecular complexity index is 444. The van der Waals surface area contributed by atoms with Gasteiger partial charge in [-0.1, -0.05) is 25.6 Å². The Hall–Kier alpha value is -0.600. The van der Waals surface area contributed by atoms with E-state index >= 15 is 0 Å². The van der Waals surface area contributed by atoms with E-state index in [4.69, 9.17) is 0 Å². The van der Waals surface area contributed by atoms with Gasteiger partial charge in [-0.05, 0) is 40.0 Å². The van der Waals surface area contributed by atoms with Gasteiger partial charge in [0, 0.05) is 4.90 Å². The summed E-state index contributed by atoms with van der Waals surface area (Å²) in [6.45, 7) is 5.87. The van der Waals surface area contributed by atoms with Gasteiger partial charge >= 0.3 is 0 Å². The van der Waals surface area contributed by atoms with E-state index in [1.54, 1.807) is 0 Å². The molecule has 0 aliphatic rings. The average molecular weight is 222 g/mol. The van der Waals surface area contributed by atoms with Crippen molar-refractivity contribution in [3.05, 3.63) is 40.1 Å². The van der Waals surface area contributed by atoms with E-state index in [2.05, 4.69) is 50.9 Å². The number of benzene rings is 1. The van der Waals surface area contributed by atoms with E-state index in [0.29, 0.717) is 0 Å². The van der Waals surface area contributed by atoms with Crippen molar-refractivity contribution in [1.29, 1.82) is 0 Å². The first-order chi connectivity index (χ1) is 6.63. The molecule has 0 heterocycles. The van der Waals surface area contributed by atoms with Gasteiger partial charge in [0.15, 0.2) is 0 Å². The van der Waals surface area contributed by atoms with Crippen LogP contribution in [0.4, 0.5) is 0 Å². The summed E-state index contributed by atoms with van der Waals surface area (Å²) in [6, 6.07) is 6.07. The Labute approximate surface area is 95.9 Å². The van der Waals surface area contributed by atoms with Crippen LogP contribution < -0.4 is 10.4 Å². The van der Waals surface area contributed by atoms with Gasteiger partial charge in [-0.15, -0.1) is 25.3 Å². The van der Waals surface area contributed by atoms with Crippen molar-refractivity contribution in [3.8, 4) is 0 Å². The second kappa shape index (κ2) is 5.32. The summed E-state index contributed by atoms with van der Waals surface area (Å²) in [5.74, 6) is 0. The topological polar surface area (TPSA) is 0 Å². The summed E-state index contributed by atoms with van der Waals surface area (Å²) in [6.07, 6.45) is 5.14. The first kappa shape index (κ1) is 11.5. The highest BCUT2D eigenvalue weighted by Gasteiger charge is 1.88. The fourth-order valence-corrected chi connectivity index (χ4v) is 1.63. The van der Waals surface area contributed by atoms with Gasteiger partial charge in [0.05, 0.1) is 0 Å². The van der Waals surface area contributed by atoms with E-state index in [1.165, 1.54) is 5.22 Å². The molecule has 0 unspecified atom stereocenters. The number of hydrogen-bond donors (Lipinski definition) is 2. The minimum atomic E-state index is 0.759. The fourth-order valence-electron chi connectivity index (χ4n) is 1.27. The van der Waals surface area contributed by atoms with Crippen LogP contribution in [0.1, 0.15) is 13.3 Å². The van der Waals surface area contributed by atoms with Crippen molar-refractivity contribution in [2.45, 2.75) is 18.2 Å². The maximum absolute atomic E-state index is 4.30. The molecule has 0 aliphatic heterocycles. The molecule has 1 aromatic carbocycles. The minimum Gasteiger partial charge on any atom is -0.144 e. The van der Waals surface area contributed by atoms with Gasteiger partial charge in [-0.2, -0.15) is 0 Å². The molecule has 1 aromatic rings. The van der Waals surface area contributed by atoms with Gasteiger partial charge in [-0.3, -0.25) is 0 Å². The van der Waals surface area contributed by atoms with Crippen molar-refractivity contribution in [2.75, 3.05) is 0 Å². The van der Waals surface area contributed by atoms with Gasteiger partial charge in [-0.25, -0.2) is 0 Å². The first-order valence-electron chi connectivity index (χ1n) is 4.52. The standard InChI is InChI=1S/C12H14S2/c1-3-4-10-5-6-12(14)8-11(10)7-9(2)13/h4-8,13-14H,2-3H2,1H3/b10-4-,11-7-. The lowest BCUT2D eigenvalue weighted by Crippen LogP contribution is -2.23. The molecule has 0 spiro atoms. The predicted octanol–water partition coefficient (Wildman–Crippen LogP) is 2.39. The monoisotopic (exact) mass is 222 g/mol. The summed E-state index contributed by atoms with van der Waals surface area (Å²) in [5.41, 5.74) is 0. The Morgan fingerprint density at radius 2 is 2.14 bits per heavy atom. The lowest BCUT2D eigenvalue weighted by Gasteiger charge is -1.94. The van der Waals surface area contributed by atoms with Gasteiger partial charge in [0.25, 0.3) is 0 Å². The largest absolute Gasteiger partial charge is 0.144 e. The highest BCUT2D eigenvalue weighted by atomic mass is 32.1. The number of thiol groups is 2. The van der Waals surface area contributed by atoms with Crippen LogP contribution in [0.2, 0.25) is 0 Å². The third-order valence-electron chi connectivity index (χ3n) is 1.82. The molecular weight excluding hydrogens is 208 g/mol. The Kier molecular flexibility index (Phi) is 4.36. The minimum absolute atomic E-state index is 0.759. The predicted molar refractivity (Wildman–Crippen MR) is 70.3 cm³/mol. The second-order valence-corrected chi connectivity index (χ2v) is 4.15. The van der Waals surface area contributed by atoms with Crippen LogP contribution in [-0.2, 0) is 0 Å². The highest BCUT2D eigenvalue weighted by molar-refractivity contribution is 7.85. The van der Waals surface area contributed by atoms with Crippen LogP contribution in [0.15, 0.2) is 34.6 Å². The summed E-state index contributed by atoms with van der Waals surface area (Å²) in [7, 11) is 0. The third kappa shape index (κ3) is 3.28. The summed E-state index contributed by atoms with van der Waals surface area (Å²) in [4.78, 5) is 1.72. The van der Waals surface area contributed by atoms with Gasteiger partial charge < -0.3 is 0 Å². The van der Waals surface area contributed by atoms with Crippen molar-refractivity contribution in [2.24, 2.45) is 0 Å². The summed E-state index contributed by atoms with van der Waals surface area (Å²) < 4.78 is 0. The maximum Gasteiger partial charge on any atom is 0.00463 e. The Balaban J connectivity index is 3.45. The molecule has 0 amide bonds. The zero-order chi connectivity index (χ0) is 10.6. The lowest BCUT2D eigenvalue weighted by molar-refractivity contribution is 1.27. The molecule has 0 atom stereocenters. The number of hydrogen-bond acceptors (Lipinski definition) is 2. The molecule has 0 nitrogen and oxygen atoms in total. The molecule has 0 N–H and O–H groups in total. The normalized spacial score (nSPS) is 13.4. The molecule has 2 heteroatoms. The smallest absolute Gasteiger partial charge is 0.00463 e. The van der Waals surface area contributed by atoms with Crippen LogP contribution in [0.5, 0.6) is 0 Å². The van der Waals surface area contributed by atoms with Gasteiger partial charge in [0.2, 0.25) is 0 Å². The van der Waals surface area contributed by atoms with Crippen LogP contribution in [0.3, 0.4) is 0 Å². The van der Waals surface area contributed by atoms with Crippen molar-refractivity contribution >= 4 is 37.4 Å². The van der Waals surface area contributed by atoms with Crippen LogP contribution in [0, 0.1) is 0 Å². The van der Waals surface area contributed by atoms with Crippen molar-refractivity contribution in [1.82, 2.24) is 0 Å². The van der Waals surface area contributed by atoms with Crippen molar-refractivity contribution in [3.63, 3.8) is 0 Å². The molecule has 0 aliphatic carbocycles. The Morgan fingerprint density at radius 1 is 1.43 bits per heavy atom. The second-order valence-electron chi connectivity index (χ2n) is 3.06. The number of rotatable bonds is 2. The average Bonchev–Trinajstić information content (AvgIpc) is 2.09. The van der Waals surface area contributed by atoms with E-state index < -0.39 is 0 Å². The molecule has 0 saturated heterocycles. The molecule has 0 fully saturated rings. The highest BCUT2D eigenvalue weighted by Crippen LogP contribution is 1.99. The van der Waals surface area contributed by atoms with E-state index in [1.807, 2.05) is 18.2 Å². The van der Waals surface area contributed by atoms with Crippen LogP contribution in [-0.4, -0.2) is 0 Å². The summed E-state index contributed by atoms with van der Waals surface area (Å²) >= 11 is 8.47. The fraction of sp³-hybridized carbons (Fsp3) is 0.167. The third-order valence-corrected chi connectivity index (χ3v) is 2.22. The molecular formula is C12H14S2. The molecule has 0 saturated carbocycles. The molecule has 14 heavy (non-hydrogen) atoms. The zero-order valence-corrected chi connectivity index (χ0v) is 9.98. The molecule has 0 aromatic heterocycles. The quantitative estimate of drug-likeness (QED) is 0.705. The maximum atomic E-state index is 4.30. The lowest BCUT2D eigenvalue weighted by atomic mass is 10.2. The van der Waals surface area contributed by atoms with Crippen LogP contribution in [0.25, 0.3) is 12.2 Å². The Morgan fingerprint density at radius 3 is 2.71 bits per heavy atom. The molecule has 0 radical (unpaired) electrons. The van der Waals surface area contributed by atoms with E-state index in [-0.39, 0.29) is 0 Å². The van der Waals surface area contributed by atoms with E-state index in [0.717, 1.165) is 21.4 Å². The zero-order valence-electron chi connectivity index (χ0n) is 8.20. The molecule has 0 bridgehead atoms. The SMILES string of the molecule is C=C(S)/C=c1/cc(S)cc/c1=C/CC. The van der Waals surface area contributed by atoms with Crippen LogP contribution >= 0.6 is 25.3 Å². The van der Waals surface area contributed by atoms with Gasteiger partial charge in [0.1, 0.15) is 0 Å². The first-order valence-corrected chi connectivity index (χ1v) is 5.41. The number of allylic oxidation sites excluding steroid dienone is 1. The van der Waals surface area contributed by atoms with E-state index in [9.17, 15) is 0 Å².